The number of hydrogen-bond acceptors (Lipinski definition) is 2. The third kappa shape index (κ3) is 2.14. The molecule has 0 aromatic heterocycles. The second kappa shape index (κ2) is 5.05. The molecule has 0 aromatic carbocycles. The molecule has 0 spiro atoms. The molecule has 2 fully saturated rings. The number of likely N-dealkylation sites (tertiary alicyclic amines) is 1. The summed E-state index contributed by atoms with van der Waals surface area (Å²) in [5.41, 5.74) is 0.640. The molecule has 16 heavy (non-hydrogen) atoms. The van der Waals surface area contributed by atoms with E-state index in [1.165, 1.54) is 51.6 Å². The van der Waals surface area contributed by atoms with E-state index < -0.39 is 0 Å². The first-order chi connectivity index (χ1) is 7.74. The van der Waals surface area contributed by atoms with Gasteiger partial charge in [0, 0.05) is 18.6 Å². The highest BCUT2D eigenvalue weighted by Gasteiger charge is 2.40. The van der Waals surface area contributed by atoms with Crippen LogP contribution >= 0.6 is 0 Å². The van der Waals surface area contributed by atoms with E-state index >= 15 is 0 Å². The molecule has 1 aliphatic carbocycles. The number of hydrogen-bond donors (Lipinski definition) is 1. The molecule has 1 heterocycles. The van der Waals surface area contributed by atoms with Crippen molar-refractivity contribution in [3.05, 3.63) is 0 Å². The highest BCUT2D eigenvalue weighted by Crippen LogP contribution is 2.40. The molecule has 1 N–H and O–H groups in total. The third-order valence-electron chi connectivity index (χ3n) is 5.29. The van der Waals surface area contributed by atoms with Crippen LogP contribution < -0.4 is 5.32 Å². The van der Waals surface area contributed by atoms with Gasteiger partial charge in [-0.3, -0.25) is 4.90 Å². The Hall–Kier alpha value is -0.0800. The van der Waals surface area contributed by atoms with Crippen molar-refractivity contribution in [1.82, 2.24) is 10.2 Å². The first-order valence-electron chi connectivity index (χ1n) is 7.16. The minimum absolute atomic E-state index is 0.640. The van der Waals surface area contributed by atoms with E-state index in [0.29, 0.717) is 5.41 Å². The lowest BCUT2D eigenvalue weighted by molar-refractivity contribution is 0.177. The molecule has 0 radical (unpaired) electrons. The Kier molecular flexibility index (Phi) is 3.91. The van der Waals surface area contributed by atoms with Crippen molar-refractivity contribution in [3.8, 4) is 0 Å². The standard InChI is InChI=1S/C14H28N2/c1-4-14(5-2)9-10-16(11-14)13-8-6-7-12(13)15-3/h12-13,15H,4-11H2,1-3H3. The maximum atomic E-state index is 3.51. The average molecular weight is 224 g/mol. The van der Waals surface area contributed by atoms with Crippen molar-refractivity contribution in [3.63, 3.8) is 0 Å². The van der Waals surface area contributed by atoms with Gasteiger partial charge in [-0.1, -0.05) is 20.3 Å². The summed E-state index contributed by atoms with van der Waals surface area (Å²) in [5.74, 6) is 0. The zero-order valence-electron chi connectivity index (χ0n) is 11.3. The Balaban J connectivity index is 1.97. The number of nitrogens with one attached hydrogen (secondary N) is 1. The minimum Gasteiger partial charge on any atom is -0.315 e. The van der Waals surface area contributed by atoms with E-state index in [1.807, 2.05) is 0 Å². The van der Waals surface area contributed by atoms with E-state index in [9.17, 15) is 0 Å². The lowest BCUT2D eigenvalue weighted by atomic mass is 9.82. The van der Waals surface area contributed by atoms with Crippen LogP contribution in [0, 0.1) is 5.41 Å². The van der Waals surface area contributed by atoms with Gasteiger partial charge in [-0.15, -0.1) is 0 Å². The molecular formula is C14H28N2. The van der Waals surface area contributed by atoms with Gasteiger partial charge in [0.15, 0.2) is 0 Å². The van der Waals surface area contributed by atoms with Crippen LogP contribution in [-0.2, 0) is 0 Å². The fourth-order valence-electron chi connectivity index (χ4n) is 3.79. The molecule has 2 rings (SSSR count). The van der Waals surface area contributed by atoms with Crippen LogP contribution in [0.2, 0.25) is 0 Å². The van der Waals surface area contributed by atoms with Crippen molar-refractivity contribution >= 4 is 0 Å². The Morgan fingerprint density at radius 2 is 2.00 bits per heavy atom. The molecule has 2 aliphatic rings. The Labute approximate surface area is 101 Å². The first kappa shape index (κ1) is 12.4. The van der Waals surface area contributed by atoms with E-state index in [4.69, 9.17) is 0 Å². The van der Waals surface area contributed by atoms with Gasteiger partial charge in [-0.2, -0.15) is 0 Å². The zero-order chi connectivity index (χ0) is 11.6. The van der Waals surface area contributed by atoms with Crippen LogP contribution in [0.25, 0.3) is 0 Å². The molecule has 0 bridgehead atoms. The molecule has 2 unspecified atom stereocenters. The summed E-state index contributed by atoms with van der Waals surface area (Å²) >= 11 is 0. The van der Waals surface area contributed by atoms with Gasteiger partial charge in [-0.25, -0.2) is 0 Å². The smallest absolute Gasteiger partial charge is 0.0249 e. The lowest BCUT2D eigenvalue weighted by Gasteiger charge is -2.32. The summed E-state index contributed by atoms with van der Waals surface area (Å²) in [6.07, 6.45) is 8.34. The van der Waals surface area contributed by atoms with Gasteiger partial charge in [0.05, 0.1) is 0 Å². The maximum absolute atomic E-state index is 3.51. The summed E-state index contributed by atoms with van der Waals surface area (Å²) < 4.78 is 0. The first-order valence-corrected chi connectivity index (χ1v) is 7.16. The summed E-state index contributed by atoms with van der Waals surface area (Å²) in [7, 11) is 2.13. The molecule has 1 saturated carbocycles. The van der Waals surface area contributed by atoms with Crippen LogP contribution in [0.5, 0.6) is 0 Å². The molecule has 0 amide bonds. The minimum atomic E-state index is 0.640. The molecule has 1 saturated heterocycles. The summed E-state index contributed by atoms with van der Waals surface area (Å²) in [6.45, 7) is 7.43. The SMILES string of the molecule is CCC1(CC)CCN(C2CCCC2NC)C1. The molecule has 2 atom stereocenters. The normalized spacial score (nSPS) is 34.7. The van der Waals surface area contributed by atoms with Crippen molar-refractivity contribution in [2.24, 2.45) is 5.41 Å². The Morgan fingerprint density at radius 3 is 2.56 bits per heavy atom. The molecule has 1 aliphatic heterocycles. The van der Waals surface area contributed by atoms with Crippen LogP contribution in [0.1, 0.15) is 52.4 Å². The number of likely N-dealkylation sites (N-methyl/N-ethyl adjacent to an activating group) is 1. The highest BCUT2D eigenvalue weighted by molar-refractivity contribution is 4.96. The second-order valence-electron chi connectivity index (χ2n) is 5.82. The quantitative estimate of drug-likeness (QED) is 0.790. The van der Waals surface area contributed by atoms with Gasteiger partial charge in [-0.05, 0) is 51.1 Å². The molecule has 0 aromatic rings. The van der Waals surface area contributed by atoms with Gasteiger partial charge >= 0.3 is 0 Å². The fraction of sp³-hybridized carbons (Fsp3) is 1.00. The zero-order valence-corrected chi connectivity index (χ0v) is 11.3. The monoisotopic (exact) mass is 224 g/mol. The fourth-order valence-corrected chi connectivity index (χ4v) is 3.79. The number of rotatable bonds is 4. The third-order valence-corrected chi connectivity index (χ3v) is 5.29. The summed E-state index contributed by atoms with van der Waals surface area (Å²) in [4.78, 5) is 2.78. The topological polar surface area (TPSA) is 15.3 Å². The highest BCUT2D eigenvalue weighted by atomic mass is 15.2. The van der Waals surface area contributed by atoms with Gasteiger partial charge < -0.3 is 5.32 Å². The lowest BCUT2D eigenvalue weighted by Crippen LogP contribution is -2.45. The Morgan fingerprint density at radius 1 is 1.25 bits per heavy atom. The predicted molar refractivity (Wildman–Crippen MR) is 69.7 cm³/mol. The second-order valence-corrected chi connectivity index (χ2v) is 5.82. The van der Waals surface area contributed by atoms with Crippen molar-refractivity contribution in [2.75, 3.05) is 20.1 Å². The van der Waals surface area contributed by atoms with Gasteiger partial charge in [0.25, 0.3) is 0 Å². The molecule has 94 valence electrons. The summed E-state index contributed by atoms with van der Waals surface area (Å²) in [5, 5.41) is 3.51. The van der Waals surface area contributed by atoms with Gasteiger partial charge in [0.1, 0.15) is 0 Å². The molecule has 2 nitrogen and oxygen atoms in total. The molecular weight excluding hydrogens is 196 g/mol. The number of nitrogens with zero attached hydrogens (tertiary/aromatic N) is 1. The van der Waals surface area contributed by atoms with Gasteiger partial charge in [0.2, 0.25) is 0 Å². The summed E-state index contributed by atoms with van der Waals surface area (Å²) in [6, 6.07) is 1.58. The predicted octanol–water partition coefficient (Wildman–Crippen LogP) is 2.64. The average Bonchev–Trinajstić information content (AvgIpc) is 2.95. The largest absolute Gasteiger partial charge is 0.315 e. The van der Waals surface area contributed by atoms with E-state index in [0.717, 1.165) is 12.1 Å². The van der Waals surface area contributed by atoms with Crippen molar-refractivity contribution in [1.29, 1.82) is 0 Å². The molecule has 2 heteroatoms. The van der Waals surface area contributed by atoms with Crippen LogP contribution in [0.4, 0.5) is 0 Å². The van der Waals surface area contributed by atoms with Crippen molar-refractivity contribution in [2.45, 2.75) is 64.5 Å². The van der Waals surface area contributed by atoms with E-state index in [1.54, 1.807) is 0 Å². The van der Waals surface area contributed by atoms with Crippen LogP contribution in [0.3, 0.4) is 0 Å². The Bertz CT molecular complexity index is 223. The van der Waals surface area contributed by atoms with Crippen LogP contribution in [0.15, 0.2) is 0 Å². The maximum Gasteiger partial charge on any atom is 0.0249 e. The van der Waals surface area contributed by atoms with Crippen LogP contribution in [-0.4, -0.2) is 37.1 Å². The van der Waals surface area contributed by atoms with E-state index in [2.05, 4.69) is 31.1 Å². The van der Waals surface area contributed by atoms with E-state index in [-0.39, 0.29) is 0 Å². The van der Waals surface area contributed by atoms with Crippen molar-refractivity contribution < 1.29 is 0 Å².